The van der Waals surface area contributed by atoms with E-state index in [4.69, 9.17) is 46.4 Å². The van der Waals surface area contributed by atoms with Crippen LogP contribution in [0.4, 0.5) is 35.1 Å². The molecule has 6 rings (SSSR count). The molecule has 2 aromatic carbocycles. The van der Waals surface area contributed by atoms with Gasteiger partial charge in [-0.1, -0.05) is 70.7 Å². The first-order valence-electron chi connectivity index (χ1n) is 17.2. The van der Waals surface area contributed by atoms with Crippen molar-refractivity contribution < 1.29 is 44.7 Å². The molecule has 22 heteroatoms. The van der Waals surface area contributed by atoms with E-state index in [1.165, 1.54) is 61.0 Å². The summed E-state index contributed by atoms with van der Waals surface area (Å²) < 4.78 is 108. The number of thiophene rings is 2. The van der Waals surface area contributed by atoms with Crippen LogP contribution in [0.2, 0.25) is 18.7 Å². The van der Waals surface area contributed by atoms with E-state index < -0.39 is 64.6 Å². The number of halogens is 12. The number of nitrogens with zero attached hydrogens (tertiary/aromatic N) is 4. The monoisotopic (exact) mass is 958 g/mol. The summed E-state index contributed by atoms with van der Waals surface area (Å²) in [7, 11) is 2.61. The number of hydrogen-bond donors (Lipinski definition) is 2. The number of amides is 2. The third kappa shape index (κ3) is 11.2. The number of carbonyl (C=O) groups excluding carboxylic acids is 2. The third-order valence-corrected chi connectivity index (χ3v) is 12.6. The Morgan fingerprint density at radius 3 is 1.43 bits per heavy atom. The number of alkyl halides is 6. The van der Waals surface area contributed by atoms with E-state index in [1.807, 2.05) is 0 Å². The number of nitrogens with one attached hydrogen (secondary N) is 2. The van der Waals surface area contributed by atoms with E-state index in [9.17, 15) is 44.7 Å². The summed E-state index contributed by atoms with van der Waals surface area (Å²) in [5, 5.41) is 12.4. The molecule has 0 aliphatic heterocycles. The molecule has 4 aromatic heterocycles. The first-order chi connectivity index (χ1) is 27.9. The van der Waals surface area contributed by atoms with E-state index >= 15 is 0 Å². The summed E-state index contributed by atoms with van der Waals surface area (Å²) in [5.41, 5.74) is -1.09. The second-order valence-corrected chi connectivity index (χ2v) is 17.3. The lowest BCUT2D eigenvalue weighted by molar-refractivity contribution is -0.142. The Labute approximate surface area is 365 Å². The smallest absolute Gasteiger partial charge is 0.349 e. The lowest BCUT2D eigenvalue weighted by atomic mass is 10.0. The minimum absolute atomic E-state index is 0.197. The highest BCUT2D eigenvalue weighted by Crippen LogP contribution is 2.45. The van der Waals surface area contributed by atoms with Crippen LogP contribution in [0.1, 0.15) is 57.1 Å². The molecule has 0 fully saturated rings. The van der Waals surface area contributed by atoms with E-state index in [-0.39, 0.29) is 18.7 Å². The fourth-order valence-corrected chi connectivity index (χ4v) is 9.35. The second kappa shape index (κ2) is 18.8. The SMILES string of the molecule is CC(Cc1c(-c2ccc(F)cc2)sc(Cl)c1Cl)NC(=O)c1cn(C)nc1C(F)(F)F.CC(Cc1c(Cl)sc(-c2ccc(F)cc2)c1Cl)NC(=O)c1cn(C)nc1C(F)(F)F. The molecule has 0 aliphatic carbocycles. The Bertz CT molecular complexity index is 2500. The second-order valence-electron chi connectivity index (χ2n) is 13.3. The maximum absolute atomic E-state index is 13.2. The predicted octanol–water partition coefficient (Wildman–Crippen LogP) is 11.9. The topological polar surface area (TPSA) is 93.8 Å². The van der Waals surface area contributed by atoms with Crippen LogP contribution in [0.3, 0.4) is 0 Å². The van der Waals surface area contributed by atoms with Gasteiger partial charge in [-0.05, 0) is 67.6 Å². The minimum atomic E-state index is -4.75. The molecule has 8 nitrogen and oxygen atoms in total. The Morgan fingerprint density at radius 1 is 0.633 bits per heavy atom. The molecular weight excluding hydrogens is 930 g/mol. The van der Waals surface area contributed by atoms with E-state index in [0.29, 0.717) is 50.7 Å². The average Bonchev–Trinajstić information content (AvgIpc) is 3.90. The fourth-order valence-electron chi connectivity index (χ4n) is 5.85. The van der Waals surface area contributed by atoms with Gasteiger partial charge in [0.2, 0.25) is 0 Å². The molecule has 4 heterocycles. The summed E-state index contributed by atoms with van der Waals surface area (Å²) in [6.45, 7) is 3.27. The first kappa shape index (κ1) is 46.9. The summed E-state index contributed by atoms with van der Waals surface area (Å²) in [6, 6.07) is 10.4. The van der Waals surface area contributed by atoms with Crippen molar-refractivity contribution in [1.82, 2.24) is 30.2 Å². The van der Waals surface area contributed by atoms with Gasteiger partial charge in [-0.3, -0.25) is 19.0 Å². The van der Waals surface area contributed by atoms with Gasteiger partial charge >= 0.3 is 12.4 Å². The number of aromatic nitrogens is 4. The molecule has 0 radical (unpaired) electrons. The van der Waals surface area contributed by atoms with Gasteiger partial charge < -0.3 is 10.6 Å². The van der Waals surface area contributed by atoms with Crippen molar-refractivity contribution in [2.45, 2.75) is 51.1 Å². The highest BCUT2D eigenvalue weighted by molar-refractivity contribution is 7.20. The summed E-state index contributed by atoms with van der Waals surface area (Å²) in [4.78, 5) is 26.2. The van der Waals surface area contributed by atoms with Gasteiger partial charge in [-0.2, -0.15) is 36.5 Å². The molecule has 2 amide bonds. The molecule has 320 valence electrons. The van der Waals surface area contributed by atoms with Gasteiger partial charge in [0.05, 0.1) is 30.4 Å². The van der Waals surface area contributed by atoms with Gasteiger partial charge in [-0.15, -0.1) is 22.7 Å². The summed E-state index contributed by atoms with van der Waals surface area (Å²) in [5.74, 6) is -2.58. The molecule has 0 saturated heterocycles. The Balaban J connectivity index is 0.000000228. The van der Waals surface area contributed by atoms with Gasteiger partial charge in [0.25, 0.3) is 11.8 Å². The normalized spacial score (nSPS) is 12.8. The average molecular weight is 961 g/mol. The molecule has 60 heavy (non-hydrogen) atoms. The quantitative estimate of drug-likeness (QED) is 0.134. The van der Waals surface area contributed by atoms with Crippen molar-refractivity contribution in [3.63, 3.8) is 0 Å². The van der Waals surface area contributed by atoms with Crippen LogP contribution in [-0.2, 0) is 39.3 Å². The molecule has 6 aromatic rings. The van der Waals surface area contributed by atoms with Crippen LogP contribution < -0.4 is 10.6 Å². The van der Waals surface area contributed by atoms with Gasteiger partial charge in [0.1, 0.15) is 16.0 Å². The van der Waals surface area contributed by atoms with Crippen LogP contribution in [0.5, 0.6) is 0 Å². The molecule has 2 atom stereocenters. The Morgan fingerprint density at radius 2 is 1.02 bits per heavy atom. The number of benzene rings is 2. The van der Waals surface area contributed by atoms with Gasteiger partial charge in [0, 0.05) is 49.0 Å². The lowest BCUT2D eigenvalue weighted by Crippen LogP contribution is -2.35. The van der Waals surface area contributed by atoms with Crippen LogP contribution in [0.25, 0.3) is 20.9 Å². The summed E-state index contributed by atoms with van der Waals surface area (Å²) >= 11 is 27.6. The van der Waals surface area contributed by atoms with Crippen LogP contribution in [0, 0.1) is 11.6 Å². The Kier molecular flexibility index (Phi) is 14.7. The number of rotatable bonds is 10. The standard InChI is InChI=1S/2C19H15Cl2F4N3OS/c1-9(26-18(29)13-8-28(2)27-16(13)19(23,24)25)7-12-14(20)15(30-17(12)21)10-3-5-11(22)6-4-10;1-9(26-18(29)13-8-28(2)27-16(13)19(23,24)25)7-12-14(20)17(21)30-15(12)10-3-5-11(22)6-4-10/h2*3-6,8-9H,7H2,1-2H3,(H,26,29). The number of aryl methyl sites for hydroxylation is 2. The molecule has 0 bridgehead atoms. The van der Waals surface area contributed by atoms with E-state index in [2.05, 4.69) is 20.8 Å². The van der Waals surface area contributed by atoms with Crippen LogP contribution in [0.15, 0.2) is 60.9 Å². The van der Waals surface area contributed by atoms with Gasteiger partial charge in [-0.25, -0.2) is 8.78 Å². The number of carbonyl (C=O) groups is 2. The molecule has 0 spiro atoms. The largest absolute Gasteiger partial charge is 0.435 e. The van der Waals surface area contributed by atoms with Gasteiger partial charge in [0.15, 0.2) is 11.4 Å². The number of hydrogen-bond acceptors (Lipinski definition) is 6. The zero-order chi connectivity index (χ0) is 44.4. The molecular formula is C38H30Cl4F8N6O2S2. The van der Waals surface area contributed by atoms with Crippen molar-refractivity contribution >= 4 is 80.9 Å². The molecule has 2 N–H and O–H groups in total. The first-order valence-corrected chi connectivity index (χ1v) is 20.4. The van der Waals surface area contributed by atoms with Crippen molar-refractivity contribution in [2.24, 2.45) is 14.1 Å². The zero-order valence-electron chi connectivity index (χ0n) is 31.3. The van der Waals surface area contributed by atoms with Crippen LogP contribution in [-0.4, -0.2) is 43.5 Å². The highest BCUT2D eigenvalue weighted by Gasteiger charge is 2.40. The van der Waals surface area contributed by atoms with Crippen LogP contribution >= 0.6 is 69.1 Å². The molecule has 0 saturated carbocycles. The van der Waals surface area contributed by atoms with Crippen molar-refractivity contribution in [3.05, 3.63) is 125 Å². The van der Waals surface area contributed by atoms with E-state index in [1.54, 1.807) is 38.1 Å². The molecule has 2 unspecified atom stereocenters. The maximum Gasteiger partial charge on any atom is 0.435 e. The van der Waals surface area contributed by atoms with Crippen molar-refractivity contribution in [1.29, 1.82) is 0 Å². The lowest BCUT2D eigenvalue weighted by Gasteiger charge is -2.15. The van der Waals surface area contributed by atoms with E-state index in [0.717, 1.165) is 21.8 Å². The maximum atomic E-state index is 13.2. The highest BCUT2D eigenvalue weighted by atomic mass is 35.5. The van der Waals surface area contributed by atoms with Crippen molar-refractivity contribution in [2.75, 3.05) is 0 Å². The predicted molar refractivity (Wildman–Crippen MR) is 217 cm³/mol. The minimum Gasteiger partial charge on any atom is -0.349 e. The third-order valence-electron chi connectivity index (χ3n) is 8.47. The zero-order valence-corrected chi connectivity index (χ0v) is 36.0. The van der Waals surface area contributed by atoms with Crippen molar-refractivity contribution in [3.8, 4) is 20.9 Å². The molecule has 0 aliphatic rings. The fraction of sp³-hybridized carbons (Fsp3) is 0.263. The Hall–Kier alpha value is -4.20. The summed E-state index contributed by atoms with van der Waals surface area (Å²) in [6.07, 6.45) is -7.06.